The molecule has 1 aliphatic carbocycles. The fourth-order valence-corrected chi connectivity index (χ4v) is 2.79. The van der Waals surface area contributed by atoms with E-state index in [0.717, 1.165) is 19.4 Å². The summed E-state index contributed by atoms with van der Waals surface area (Å²) in [5.74, 6) is -0.229. The van der Waals surface area contributed by atoms with Gasteiger partial charge < -0.3 is 20.1 Å². The lowest BCUT2D eigenvalue weighted by Crippen LogP contribution is -2.46. The van der Waals surface area contributed by atoms with Crippen LogP contribution in [0, 0.1) is 11.3 Å². The topological polar surface area (TPSA) is 78.9 Å². The van der Waals surface area contributed by atoms with Crippen molar-refractivity contribution in [2.75, 3.05) is 26.2 Å². The number of urea groups is 1. The van der Waals surface area contributed by atoms with E-state index in [1.54, 1.807) is 0 Å². The highest BCUT2D eigenvalue weighted by Gasteiger charge is 2.45. The second-order valence-electron chi connectivity index (χ2n) is 6.78. The van der Waals surface area contributed by atoms with Crippen LogP contribution in [0.3, 0.4) is 0 Å². The van der Waals surface area contributed by atoms with Crippen LogP contribution in [-0.2, 0) is 9.53 Å². The zero-order chi connectivity index (χ0) is 15.5. The highest BCUT2D eigenvalue weighted by Crippen LogP contribution is 2.50. The summed E-state index contributed by atoms with van der Waals surface area (Å²) in [5, 5.41) is 11.6. The largest absolute Gasteiger partial charge is 0.481 e. The molecule has 2 rings (SSSR count). The third kappa shape index (κ3) is 4.88. The summed E-state index contributed by atoms with van der Waals surface area (Å²) in [7, 11) is 0. The number of amides is 2. The van der Waals surface area contributed by atoms with Gasteiger partial charge in [-0.2, -0.15) is 0 Å². The van der Waals surface area contributed by atoms with Crippen molar-refractivity contribution in [1.82, 2.24) is 10.2 Å². The molecule has 0 aromatic heterocycles. The van der Waals surface area contributed by atoms with E-state index in [9.17, 15) is 9.59 Å². The SMILES string of the molecule is CC1(C)CC1CNC(=O)N1CCC(OCCC(=O)O)CC1. The minimum atomic E-state index is -0.838. The van der Waals surface area contributed by atoms with E-state index in [1.165, 1.54) is 6.42 Å². The van der Waals surface area contributed by atoms with Gasteiger partial charge in [-0.3, -0.25) is 4.79 Å². The van der Waals surface area contributed by atoms with E-state index in [4.69, 9.17) is 9.84 Å². The first-order chi connectivity index (χ1) is 9.88. The predicted octanol–water partition coefficient (Wildman–Crippen LogP) is 1.70. The first-order valence-electron chi connectivity index (χ1n) is 7.74. The summed E-state index contributed by atoms with van der Waals surface area (Å²) in [6.07, 6.45) is 2.87. The van der Waals surface area contributed by atoms with Crippen molar-refractivity contribution in [2.45, 2.75) is 45.6 Å². The smallest absolute Gasteiger partial charge is 0.317 e. The van der Waals surface area contributed by atoms with Crippen molar-refractivity contribution in [3.8, 4) is 0 Å². The first-order valence-corrected chi connectivity index (χ1v) is 7.74. The van der Waals surface area contributed by atoms with Crippen molar-refractivity contribution < 1.29 is 19.4 Å². The third-order valence-corrected chi connectivity index (χ3v) is 4.62. The maximum Gasteiger partial charge on any atom is 0.317 e. The lowest BCUT2D eigenvalue weighted by atomic mass is 10.1. The van der Waals surface area contributed by atoms with Gasteiger partial charge in [0.2, 0.25) is 0 Å². The second-order valence-corrected chi connectivity index (χ2v) is 6.78. The van der Waals surface area contributed by atoms with Crippen molar-refractivity contribution in [3.63, 3.8) is 0 Å². The number of aliphatic carboxylic acids is 1. The van der Waals surface area contributed by atoms with E-state index >= 15 is 0 Å². The quantitative estimate of drug-likeness (QED) is 0.782. The Bertz CT molecular complexity index is 389. The summed E-state index contributed by atoms with van der Waals surface area (Å²) < 4.78 is 5.52. The lowest BCUT2D eigenvalue weighted by molar-refractivity contribution is -0.138. The van der Waals surface area contributed by atoms with Gasteiger partial charge in [0.25, 0.3) is 0 Å². The molecule has 120 valence electrons. The van der Waals surface area contributed by atoms with Gasteiger partial charge in [0, 0.05) is 19.6 Å². The fraction of sp³-hybridized carbons (Fsp3) is 0.867. The molecule has 0 aromatic carbocycles. The number of hydrogen-bond acceptors (Lipinski definition) is 3. The van der Waals surface area contributed by atoms with Gasteiger partial charge in [0.05, 0.1) is 19.1 Å². The van der Waals surface area contributed by atoms with Crippen LogP contribution in [0.2, 0.25) is 0 Å². The van der Waals surface area contributed by atoms with E-state index in [1.807, 2.05) is 4.90 Å². The van der Waals surface area contributed by atoms with E-state index in [2.05, 4.69) is 19.2 Å². The number of nitrogens with zero attached hydrogens (tertiary/aromatic N) is 1. The van der Waals surface area contributed by atoms with Crippen molar-refractivity contribution in [1.29, 1.82) is 0 Å². The molecule has 6 heteroatoms. The Balaban J connectivity index is 1.59. The monoisotopic (exact) mass is 298 g/mol. The molecule has 2 amide bonds. The molecule has 2 aliphatic rings. The molecule has 1 atom stereocenters. The first kappa shape index (κ1) is 16.1. The average molecular weight is 298 g/mol. The molecule has 1 aliphatic heterocycles. The molecule has 2 fully saturated rings. The normalized spacial score (nSPS) is 24.7. The van der Waals surface area contributed by atoms with Crippen molar-refractivity contribution >= 4 is 12.0 Å². The Morgan fingerprint density at radius 2 is 1.95 bits per heavy atom. The van der Waals surface area contributed by atoms with Gasteiger partial charge in [-0.15, -0.1) is 0 Å². The van der Waals surface area contributed by atoms with Crippen LogP contribution in [0.5, 0.6) is 0 Å². The Morgan fingerprint density at radius 3 is 2.48 bits per heavy atom. The summed E-state index contributed by atoms with van der Waals surface area (Å²) in [6.45, 7) is 6.83. The molecular weight excluding hydrogens is 272 g/mol. The highest BCUT2D eigenvalue weighted by molar-refractivity contribution is 5.74. The number of hydrogen-bond donors (Lipinski definition) is 2. The summed E-state index contributed by atoms with van der Waals surface area (Å²) in [5.41, 5.74) is 0.387. The van der Waals surface area contributed by atoms with Crippen LogP contribution in [0.4, 0.5) is 4.79 Å². The Kier molecular flexibility index (Phi) is 5.08. The van der Waals surface area contributed by atoms with Gasteiger partial charge in [-0.05, 0) is 30.6 Å². The molecule has 0 aromatic rings. The number of carboxylic acids is 1. The number of carbonyl (C=O) groups is 2. The van der Waals surface area contributed by atoms with E-state index in [0.29, 0.717) is 24.4 Å². The second kappa shape index (κ2) is 6.64. The van der Waals surface area contributed by atoms with Gasteiger partial charge in [0.1, 0.15) is 0 Å². The number of ether oxygens (including phenoxy) is 1. The van der Waals surface area contributed by atoms with Gasteiger partial charge >= 0.3 is 12.0 Å². The number of carboxylic acid groups (broad SMARTS) is 1. The maximum atomic E-state index is 12.0. The standard InChI is InChI=1S/C15H26N2O4/c1-15(2)9-11(15)10-16-14(20)17-6-3-12(4-7-17)21-8-5-13(18)19/h11-12H,3-10H2,1-2H3,(H,16,20)(H,18,19). The molecule has 2 N–H and O–H groups in total. The molecule has 1 saturated heterocycles. The third-order valence-electron chi connectivity index (χ3n) is 4.62. The van der Waals surface area contributed by atoms with Crippen molar-refractivity contribution in [2.24, 2.45) is 11.3 Å². The number of piperidine rings is 1. The molecule has 6 nitrogen and oxygen atoms in total. The zero-order valence-corrected chi connectivity index (χ0v) is 12.9. The molecule has 0 bridgehead atoms. The van der Waals surface area contributed by atoms with Crippen LogP contribution in [0.1, 0.15) is 39.5 Å². The number of rotatable bonds is 6. The van der Waals surface area contributed by atoms with Crippen LogP contribution in [0.25, 0.3) is 0 Å². The predicted molar refractivity (Wildman–Crippen MR) is 78.1 cm³/mol. The van der Waals surface area contributed by atoms with Crippen LogP contribution in [0.15, 0.2) is 0 Å². The van der Waals surface area contributed by atoms with Gasteiger partial charge in [-0.1, -0.05) is 13.8 Å². The van der Waals surface area contributed by atoms with Crippen molar-refractivity contribution in [3.05, 3.63) is 0 Å². The summed E-state index contributed by atoms with van der Waals surface area (Å²) in [6, 6.07) is 0.0154. The number of nitrogens with one attached hydrogen (secondary N) is 1. The average Bonchev–Trinajstić information content (AvgIpc) is 3.04. The fourth-order valence-electron chi connectivity index (χ4n) is 2.79. The molecule has 0 spiro atoms. The molecular formula is C15H26N2O4. The molecule has 21 heavy (non-hydrogen) atoms. The summed E-state index contributed by atoms with van der Waals surface area (Å²) in [4.78, 5) is 24.3. The minimum Gasteiger partial charge on any atom is -0.481 e. The van der Waals surface area contributed by atoms with Crippen LogP contribution in [-0.4, -0.2) is 54.4 Å². The maximum absolute atomic E-state index is 12.0. The lowest BCUT2D eigenvalue weighted by Gasteiger charge is -2.32. The molecule has 0 radical (unpaired) electrons. The highest BCUT2D eigenvalue weighted by atomic mass is 16.5. The van der Waals surface area contributed by atoms with Gasteiger partial charge in [0.15, 0.2) is 0 Å². The Morgan fingerprint density at radius 1 is 1.33 bits per heavy atom. The molecule has 1 unspecified atom stereocenters. The van der Waals surface area contributed by atoms with E-state index in [-0.39, 0.29) is 25.2 Å². The van der Waals surface area contributed by atoms with Crippen LogP contribution < -0.4 is 5.32 Å². The molecule has 1 heterocycles. The van der Waals surface area contributed by atoms with Crippen LogP contribution >= 0.6 is 0 Å². The Labute approximate surface area is 125 Å². The summed E-state index contributed by atoms with van der Waals surface area (Å²) >= 11 is 0. The number of carbonyl (C=O) groups excluding carboxylic acids is 1. The van der Waals surface area contributed by atoms with Gasteiger partial charge in [-0.25, -0.2) is 4.79 Å². The Hall–Kier alpha value is -1.30. The van der Waals surface area contributed by atoms with E-state index < -0.39 is 5.97 Å². The minimum absolute atomic E-state index is 0.0154. The zero-order valence-electron chi connectivity index (χ0n) is 12.9. The number of likely N-dealkylation sites (tertiary alicyclic amines) is 1. The molecule has 1 saturated carbocycles.